The van der Waals surface area contributed by atoms with Crippen molar-refractivity contribution in [3.63, 3.8) is 0 Å². The standard InChI is InChI=1S/C19H31N5O.HI/c1-5-20-19(23-17-8-13(17)2)22-10-16-6-7-18(21-9-16)24-11-14(3)25-15(4)12-24;/h6-7,9,13-15,17H,5,8,10-12H2,1-4H3,(H2,20,22,23);1H. The van der Waals surface area contributed by atoms with Gasteiger partial charge >= 0.3 is 0 Å². The molecule has 1 aliphatic heterocycles. The first-order valence-electron chi connectivity index (χ1n) is 9.45. The number of aliphatic imine (C=N–C) groups is 1. The molecule has 4 atom stereocenters. The van der Waals surface area contributed by atoms with Gasteiger partial charge in [-0.05, 0) is 44.7 Å². The maximum atomic E-state index is 5.79. The number of nitrogens with zero attached hydrogens (tertiary/aromatic N) is 3. The number of rotatable bonds is 5. The van der Waals surface area contributed by atoms with E-state index in [2.05, 4.69) is 65.3 Å². The van der Waals surface area contributed by atoms with Crippen LogP contribution in [0.5, 0.6) is 0 Å². The molecular formula is C19H32IN5O. The Morgan fingerprint density at radius 2 is 1.96 bits per heavy atom. The summed E-state index contributed by atoms with van der Waals surface area (Å²) in [5, 5.41) is 6.79. The summed E-state index contributed by atoms with van der Waals surface area (Å²) in [5.74, 6) is 2.67. The zero-order valence-corrected chi connectivity index (χ0v) is 18.6. The fourth-order valence-electron chi connectivity index (χ4n) is 3.25. The lowest BCUT2D eigenvalue weighted by molar-refractivity contribution is -0.00545. The third-order valence-electron chi connectivity index (χ3n) is 4.75. The predicted molar refractivity (Wildman–Crippen MR) is 117 cm³/mol. The van der Waals surface area contributed by atoms with Crippen LogP contribution in [0.3, 0.4) is 0 Å². The van der Waals surface area contributed by atoms with Crippen molar-refractivity contribution in [1.29, 1.82) is 0 Å². The Kier molecular flexibility index (Phi) is 7.94. The van der Waals surface area contributed by atoms with Gasteiger partial charge < -0.3 is 20.3 Å². The molecular weight excluding hydrogens is 441 g/mol. The van der Waals surface area contributed by atoms with Gasteiger partial charge in [-0.25, -0.2) is 9.98 Å². The first-order chi connectivity index (χ1) is 12.0. The zero-order chi connectivity index (χ0) is 17.8. The summed E-state index contributed by atoms with van der Waals surface area (Å²) in [6, 6.07) is 4.79. The van der Waals surface area contributed by atoms with E-state index in [1.165, 1.54) is 6.42 Å². The molecule has 1 aromatic heterocycles. The first kappa shape index (κ1) is 21.2. The van der Waals surface area contributed by atoms with Crippen molar-refractivity contribution in [1.82, 2.24) is 15.6 Å². The van der Waals surface area contributed by atoms with Crippen LogP contribution in [0.15, 0.2) is 23.3 Å². The van der Waals surface area contributed by atoms with Gasteiger partial charge in [0.2, 0.25) is 0 Å². The van der Waals surface area contributed by atoms with Gasteiger partial charge in [-0.15, -0.1) is 24.0 Å². The van der Waals surface area contributed by atoms with Crippen molar-refractivity contribution in [2.75, 3.05) is 24.5 Å². The molecule has 1 saturated carbocycles. The highest BCUT2D eigenvalue weighted by Gasteiger charge is 2.33. The van der Waals surface area contributed by atoms with E-state index in [1.54, 1.807) is 0 Å². The van der Waals surface area contributed by atoms with E-state index < -0.39 is 0 Å². The van der Waals surface area contributed by atoms with E-state index in [9.17, 15) is 0 Å². The summed E-state index contributed by atoms with van der Waals surface area (Å²) < 4.78 is 5.79. The predicted octanol–water partition coefficient (Wildman–Crippen LogP) is 2.78. The van der Waals surface area contributed by atoms with Crippen LogP contribution in [0.1, 0.15) is 39.7 Å². The molecule has 0 spiro atoms. The van der Waals surface area contributed by atoms with E-state index in [0.29, 0.717) is 12.6 Å². The van der Waals surface area contributed by atoms with Gasteiger partial charge in [-0.3, -0.25) is 0 Å². The summed E-state index contributed by atoms with van der Waals surface area (Å²) in [7, 11) is 0. The SMILES string of the molecule is CCNC(=NCc1ccc(N2CC(C)OC(C)C2)nc1)NC1CC1C.I. The summed E-state index contributed by atoms with van der Waals surface area (Å²) >= 11 is 0. The third kappa shape index (κ3) is 5.97. The average Bonchev–Trinajstić information content (AvgIpc) is 3.27. The topological polar surface area (TPSA) is 61.8 Å². The van der Waals surface area contributed by atoms with E-state index >= 15 is 0 Å². The van der Waals surface area contributed by atoms with Crippen LogP contribution in [-0.2, 0) is 11.3 Å². The number of nitrogens with one attached hydrogen (secondary N) is 2. The Hall–Kier alpha value is -1.09. The Bertz CT molecular complexity index is 584. The van der Waals surface area contributed by atoms with Gasteiger partial charge in [0.15, 0.2) is 5.96 Å². The van der Waals surface area contributed by atoms with Gasteiger partial charge in [-0.2, -0.15) is 0 Å². The normalized spacial score (nSPS) is 28.3. The van der Waals surface area contributed by atoms with Crippen molar-refractivity contribution in [2.45, 2.75) is 58.9 Å². The molecule has 0 aromatic carbocycles. The zero-order valence-electron chi connectivity index (χ0n) is 16.2. The number of morpholine rings is 1. The fraction of sp³-hybridized carbons (Fsp3) is 0.684. The second-order valence-electron chi connectivity index (χ2n) is 7.35. The molecule has 2 fully saturated rings. The number of ether oxygens (including phenoxy) is 1. The second-order valence-corrected chi connectivity index (χ2v) is 7.35. The maximum Gasteiger partial charge on any atom is 0.191 e. The quantitative estimate of drug-likeness (QED) is 0.391. The number of hydrogen-bond acceptors (Lipinski definition) is 4. The summed E-state index contributed by atoms with van der Waals surface area (Å²) in [6.45, 7) is 11.9. The lowest BCUT2D eigenvalue weighted by atomic mass is 10.2. The Balaban J connectivity index is 0.00000243. The summed E-state index contributed by atoms with van der Waals surface area (Å²) in [4.78, 5) is 11.6. The first-order valence-corrected chi connectivity index (χ1v) is 9.45. The second kappa shape index (κ2) is 9.73. The molecule has 2 heterocycles. The number of halogens is 1. The van der Waals surface area contributed by atoms with E-state index in [0.717, 1.165) is 42.9 Å². The molecule has 4 unspecified atom stereocenters. The fourth-order valence-corrected chi connectivity index (χ4v) is 3.25. The molecule has 3 rings (SSSR count). The molecule has 146 valence electrons. The minimum atomic E-state index is 0. The Morgan fingerprint density at radius 1 is 1.27 bits per heavy atom. The van der Waals surface area contributed by atoms with E-state index in [-0.39, 0.29) is 36.2 Å². The number of guanidine groups is 1. The van der Waals surface area contributed by atoms with Gasteiger partial charge in [-0.1, -0.05) is 13.0 Å². The summed E-state index contributed by atoms with van der Waals surface area (Å²) in [6.07, 6.45) is 3.66. The molecule has 1 aromatic rings. The number of hydrogen-bond donors (Lipinski definition) is 2. The highest BCUT2D eigenvalue weighted by molar-refractivity contribution is 14.0. The molecule has 26 heavy (non-hydrogen) atoms. The third-order valence-corrected chi connectivity index (χ3v) is 4.75. The summed E-state index contributed by atoms with van der Waals surface area (Å²) in [5.41, 5.74) is 1.12. The van der Waals surface area contributed by atoms with Crippen LogP contribution in [0.2, 0.25) is 0 Å². The maximum absolute atomic E-state index is 5.79. The van der Waals surface area contributed by atoms with Crippen molar-refractivity contribution in [3.05, 3.63) is 23.9 Å². The van der Waals surface area contributed by atoms with E-state index in [1.807, 2.05) is 6.20 Å². The molecule has 0 bridgehead atoms. The highest BCUT2D eigenvalue weighted by Crippen LogP contribution is 2.28. The molecule has 0 radical (unpaired) electrons. The highest BCUT2D eigenvalue weighted by atomic mass is 127. The lowest BCUT2D eigenvalue weighted by Crippen LogP contribution is -2.45. The van der Waals surface area contributed by atoms with Gasteiger partial charge in [0, 0.05) is 31.9 Å². The van der Waals surface area contributed by atoms with Crippen molar-refractivity contribution >= 4 is 35.8 Å². The Labute approximate surface area is 174 Å². The van der Waals surface area contributed by atoms with Crippen LogP contribution in [0, 0.1) is 5.92 Å². The van der Waals surface area contributed by atoms with Crippen LogP contribution in [0.4, 0.5) is 5.82 Å². The monoisotopic (exact) mass is 473 g/mol. The van der Waals surface area contributed by atoms with Crippen LogP contribution < -0.4 is 15.5 Å². The molecule has 1 aliphatic carbocycles. The van der Waals surface area contributed by atoms with Gasteiger partial charge in [0.05, 0.1) is 18.8 Å². The molecule has 1 saturated heterocycles. The van der Waals surface area contributed by atoms with Crippen LogP contribution >= 0.6 is 24.0 Å². The molecule has 2 N–H and O–H groups in total. The largest absolute Gasteiger partial charge is 0.372 e. The average molecular weight is 473 g/mol. The lowest BCUT2D eigenvalue weighted by Gasteiger charge is -2.36. The Morgan fingerprint density at radius 3 is 2.50 bits per heavy atom. The van der Waals surface area contributed by atoms with Gasteiger partial charge in [0.1, 0.15) is 5.82 Å². The number of aromatic nitrogens is 1. The van der Waals surface area contributed by atoms with Crippen molar-refractivity contribution < 1.29 is 4.74 Å². The number of pyridine rings is 1. The molecule has 2 aliphatic rings. The smallest absolute Gasteiger partial charge is 0.191 e. The molecule has 0 amide bonds. The van der Waals surface area contributed by atoms with Gasteiger partial charge in [0.25, 0.3) is 0 Å². The van der Waals surface area contributed by atoms with Crippen LogP contribution in [0.25, 0.3) is 0 Å². The minimum absolute atomic E-state index is 0. The van der Waals surface area contributed by atoms with Crippen molar-refractivity contribution in [2.24, 2.45) is 10.9 Å². The van der Waals surface area contributed by atoms with E-state index in [4.69, 9.17) is 4.74 Å². The minimum Gasteiger partial charge on any atom is -0.372 e. The molecule has 6 nitrogen and oxygen atoms in total. The van der Waals surface area contributed by atoms with Crippen LogP contribution in [-0.4, -0.2) is 48.8 Å². The number of anilines is 1. The molecule has 7 heteroatoms. The van der Waals surface area contributed by atoms with Crippen molar-refractivity contribution in [3.8, 4) is 0 Å².